The first-order valence-corrected chi connectivity index (χ1v) is 5.20. The predicted molar refractivity (Wildman–Crippen MR) is 50.9 cm³/mol. The molecular formula is C10H18N2O. The van der Waals surface area contributed by atoms with Crippen molar-refractivity contribution in [1.82, 2.24) is 0 Å². The zero-order valence-corrected chi connectivity index (χ0v) is 8.01. The standard InChI is InChI=1S/C10H18N2O/c11-8(13)10(12)7-2-1-4-9(10)5-3-6-9/h1-7,12H2,(H2,11,13). The van der Waals surface area contributed by atoms with Crippen LogP contribution >= 0.6 is 0 Å². The van der Waals surface area contributed by atoms with E-state index in [1.165, 1.54) is 12.8 Å². The van der Waals surface area contributed by atoms with Crippen molar-refractivity contribution >= 4 is 5.91 Å². The van der Waals surface area contributed by atoms with Crippen LogP contribution in [0.15, 0.2) is 0 Å². The molecule has 2 saturated carbocycles. The summed E-state index contributed by atoms with van der Waals surface area (Å²) in [5, 5.41) is 0. The van der Waals surface area contributed by atoms with E-state index >= 15 is 0 Å². The molecule has 0 saturated heterocycles. The lowest BCUT2D eigenvalue weighted by Crippen LogP contribution is -2.67. The quantitative estimate of drug-likeness (QED) is 0.633. The van der Waals surface area contributed by atoms with Crippen molar-refractivity contribution < 1.29 is 4.79 Å². The molecule has 4 N–H and O–H groups in total. The lowest BCUT2D eigenvalue weighted by atomic mass is 9.51. The summed E-state index contributed by atoms with van der Waals surface area (Å²) in [6.07, 6.45) is 7.59. The van der Waals surface area contributed by atoms with Crippen LogP contribution in [0.1, 0.15) is 44.9 Å². The van der Waals surface area contributed by atoms with Crippen LogP contribution in [0.4, 0.5) is 0 Å². The highest BCUT2D eigenvalue weighted by molar-refractivity contribution is 5.85. The van der Waals surface area contributed by atoms with Gasteiger partial charge in [0.05, 0.1) is 0 Å². The number of primary amides is 1. The average molecular weight is 182 g/mol. The third kappa shape index (κ3) is 1.03. The van der Waals surface area contributed by atoms with E-state index in [0.717, 1.165) is 32.1 Å². The summed E-state index contributed by atoms with van der Waals surface area (Å²) in [6.45, 7) is 0. The topological polar surface area (TPSA) is 69.1 Å². The van der Waals surface area contributed by atoms with Gasteiger partial charge < -0.3 is 11.5 Å². The second-order valence-electron chi connectivity index (χ2n) is 4.68. The van der Waals surface area contributed by atoms with Crippen molar-refractivity contribution in [3.63, 3.8) is 0 Å². The van der Waals surface area contributed by atoms with E-state index in [-0.39, 0.29) is 11.3 Å². The van der Waals surface area contributed by atoms with E-state index in [1.807, 2.05) is 0 Å². The molecule has 74 valence electrons. The molecule has 1 spiro atoms. The lowest BCUT2D eigenvalue weighted by Gasteiger charge is -2.55. The maximum Gasteiger partial charge on any atom is 0.238 e. The molecule has 0 bridgehead atoms. The van der Waals surface area contributed by atoms with E-state index in [1.54, 1.807) is 0 Å². The molecular weight excluding hydrogens is 164 g/mol. The molecule has 0 aromatic carbocycles. The van der Waals surface area contributed by atoms with Gasteiger partial charge in [0.1, 0.15) is 5.54 Å². The SMILES string of the molecule is NC(=O)C1(N)CCCCC12CCC2. The molecule has 1 amide bonds. The van der Waals surface area contributed by atoms with Gasteiger partial charge in [-0.05, 0) is 31.1 Å². The molecule has 0 heterocycles. The van der Waals surface area contributed by atoms with Crippen LogP contribution in [-0.2, 0) is 4.79 Å². The summed E-state index contributed by atoms with van der Waals surface area (Å²) in [7, 11) is 0. The van der Waals surface area contributed by atoms with Gasteiger partial charge in [-0.25, -0.2) is 0 Å². The molecule has 13 heavy (non-hydrogen) atoms. The largest absolute Gasteiger partial charge is 0.368 e. The summed E-state index contributed by atoms with van der Waals surface area (Å²) >= 11 is 0. The van der Waals surface area contributed by atoms with E-state index < -0.39 is 5.54 Å². The Bertz CT molecular complexity index is 235. The maximum absolute atomic E-state index is 11.4. The Hall–Kier alpha value is -0.570. The van der Waals surface area contributed by atoms with Gasteiger partial charge in [0.2, 0.25) is 5.91 Å². The van der Waals surface area contributed by atoms with Crippen molar-refractivity contribution in [2.45, 2.75) is 50.5 Å². The first-order valence-electron chi connectivity index (χ1n) is 5.20. The van der Waals surface area contributed by atoms with Crippen LogP contribution in [0.25, 0.3) is 0 Å². The number of hydrogen-bond donors (Lipinski definition) is 2. The highest BCUT2D eigenvalue weighted by Crippen LogP contribution is 2.55. The Morgan fingerprint density at radius 3 is 1.92 bits per heavy atom. The summed E-state index contributed by atoms with van der Waals surface area (Å²) in [6, 6.07) is 0. The molecule has 0 aromatic heterocycles. The molecule has 2 fully saturated rings. The smallest absolute Gasteiger partial charge is 0.238 e. The molecule has 2 aliphatic rings. The number of nitrogens with two attached hydrogens (primary N) is 2. The van der Waals surface area contributed by atoms with E-state index in [9.17, 15) is 4.79 Å². The Kier molecular flexibility index (Phi) is 1.88. The Balaban J connectivity index is 2.27. The molecule has 0 aliphatic heterocycles. The predicted octanol–water partition coefficient (Wildman–Crippen LogP) is 0.913. The van der Waals surface area contributed by atoms with E-state index in [0.29, 0.717) is 0 Å². The second-order valence-corrected chi connectivity index (χ2v) is 4.68. The van der Waals surface area contributed by atoms with Crippen LogP contribution in [0, 0.1) is 5.41 Å². The van der Waals surface area contributed by atoms with Crippen LogP contribution < -0.4 is 11.5 Å². The fraction of sp³-hybridized carbons (Fsp3) is 0.900. The van der Waals surface area contributed by atoms with E-state index in [2.05, 4.69) is 0 Å². The monoisotopic (exact) mass is 182 g/mol. The van der Waals surface area contributed by atoms with Crippen molar-refractivity contribution in [2.75, 3.05) is 0 Å². The Morgan fingerprint density at radius 2 is 1.54 bits per heavy atom. The van der Waals surface area contributed by atoms with Crippen LogP contribution in [0.3, 0.4) is 0 Å². The van der Waals surface area contributed by atoms with E-state index in [4.69, 9.17) is 11.5 Å². The van der Waals surface area contributed by atoms with Crippen LogP contribution in [0.2, 0.25) is 0 Å². The summed E-state index contributed by atoms with van der Waals surface area (Å²) in [5.74, 6) is -0.285. The molecule has 2 rings (SSSR count). The van der Waals surface area contributed by atoms with Crippen LogP contribution in [0.5, 0.6) is 0 Å². The van der Waals surface area contributed by atoms with Gasteiger partial charge in [-0.1, -0.05) is 19.3 Å². The normalized spacial score (nSPS) is 37.0. The average Bonchev–Trinajstić information content (AvgIpc) is 2.02. The summed E-state index contributed by atoms with van der Waals surface area (Å²) < 4.78 is 0. The molecule has 0 aromatic rings. The van der Waals surface area contributed by atoms with Crippen molar-refractivity contribution in [2.24, 2.45) is 16.9 Å². The van der Waals surface area contributed by atoms with Gasteiger partial charge in [0.15, 0.2) is 0 Å². The minimum Gasteiger partial charge on any atom is -0.368 e. The zero-order valence-electron chi connectivity index (χ0n) is 8.01. The maximum atomic E-state index is 11.4. The number of rotatable bonds is 1. The van der Waals surface area contributed by atoms with Gasteiger partial charge >= 0.3 is 0 Å². The number of hydrogen-bond acceptors (Lipinski definition) is 2. The highest BCUT2D eigenvalue weighted by atomic mass is 16.1. The summed E-state index contributed by atoms with van der Waals surface area (Å²) in [5.41, 5.74) is 11.0. The van der Waals surface area contributed by atoms with Gasteiger partial charge in [0, 0.05) is 0 Å². The highest BCUT2D eigenvalue weighted by Gasteiger charge is 2.56. The third-order valence-corrected chi connectivity index (χ3v) is 4.17. The zero-order chi connectivity index (χ0) is 9.53. The van der Waals surface area contributed by atoms with Crippen molar-refractivity contribution in [1.29, 1.82) is 0 Å². The minimum atomic E-state index is -0.691. The number of carbonyl (C=O) groups excluding carboxylic acids is 1. The second kappa shape index (κ2) is 2.71. The molecule has 0 radical (unpaired) electrons. The minimum absolute atomic E-state index is 0.0804. The first-order chi connectivity index (χ1) is 6.11. The lowest BCUT2D eigenvalue weighted by molar-refractivity contribution is -0.135. The Morgan fingerprint density at radius 1 is 1.00 bits per heavy atom. The fourth-order valence-corrected chi connectivity index (χ4v) is 3.04. The Labute approximate surface area is 78.9 Å². The van der Waals surface area contributed by atoms with Gasteiger partial charge in [-0.2, -0.15) is 0 Å². The van der Waals surface area contributed by atoms with Gasteiger partial charge in [-0.3, -0.25) is 4.79 Å². The van der Waals surface area contributed by atoms with Crippen molar-refractivity contribution in [3.8, 4) is 0 Å². The number of amides is 1. The molecule has 2 aliphatic carbocycles. The molecule has 3 nitrogen and oxygen atoms in total. The van der Waals surface area contributed by atoms with Crippen molar-refractivity contribution in [3.05, 3.63) is 0 Å². The van der Waals surface area contributed by atoms with Gasteiger partial charge in [-0.15, -0.1) is 0 Å². The molecule has 1 atom stereocenters. The molecule has 3 heteroatoms. The van der Waals surface area contributed by atoms with Gasteiger partial charge in [0.25, 0.3) is 0 Å². The third-order valence-electron chi connectivity index (χ3n) is 4.17. The summed E-state index contributed by atoms with van der Waals surface area (Å²) in [4.78, 5) is 11.4. The first kappa shape index (κ1) is 9.00. The van der Waals surface area contributed by atoms with Crippen LogP contribution in [-0.4, -0.2) is 11.4 Å². The molecule has 1 unspecified atom stereocenters. The number of carbonyl (C=O) groups is 1. The fourth-order valence-electron chi connectivity index (χ4n) is 3.04.